The molecule has 0 saturated heterocycles. The van der Waals surface area contributed by atoms with Crippen molar-refractivity contribution in [1.29, 1.82) is 0 Å². The van der Waals surface area contributed by atoms with Crippen LogP contribution < -0.4 is 5.32 Å². The van der Waals surface area contributed by atoms with Gasteiger partial charge >= 0.3 is 0 Å². The molecule has 1 N–H and O–H groups in total. The summed E-state index contributed by atoms with van der Waals surface area (Å²) in [6.07, 6.45) is 4.67. The molecule has 2 rings (SSSR count). The highest BCUT2D eigenvalue weighted by molar-refractivity contribution is 5.20. The normalized spacial score (nSPS) is 12.6. The Labute approximate surface area is 117 Å². The topological polar surface area (TPSA) is 29.9 Å². The highest BCUT2D eigenvalue weighted by Gasteiger charge is 2.10. The van der Waals surface area contributed by atoms with E-state index < -0.39 is 11.6 Å². The molecule has 1 aromatic carbocycles. The summed E-state index contributed by atoms with van der Waals surface area (Å²) in [5.74, 6) is -1.63. The monoisotopic (exact) mass is 279 g/mol. The van der Waals surface area contributed by atoms with Gasteiger partial charge in [0.25, 0.3) is 0 Å². The van der Waals surface area contributed by atoms with Crippen molar-refractivity contribution >= 4 is 0 Å². The molecule has 0 aliphatic rings. The molecule has 1 aromatic heterocycles. The lowest BCUT2D eigenvalue weighted by molar-refractivity contribution is 0.498. The van der Waals surface area contributed by atoms with Crippen molar-refractivity contribution in [1.82, 2.24) is 14.9 Å². The van der Waals surface area contributed by atoms with E-state index in [1.54, 1.807) is 6.07 Å². The predicted octanol–water partition coefficient (Wildman–Crippen LogP) is 3.42. The van der Waals surface area contributed by atoms with Gasteiger partial charge in [0.1, 0.15) is 0 Å². The first-order chi connectivity index (χ1) is 9.61. The molecule has 0 fully saturated rings. The Kier molecular flexibility index (Phi) is 4.84. The highest BCUT2D eigenvalue weighted by atomic mass is 19.2. The van der Waals surface area contributed by atoms with Crippen molar-refractivity contribution in [3.8, 4) is 0 Å². The third-order valence-electron chi connectivity index (χ3n) is 3.30. The lowest BCUT2D eigenvalue weighted by atomic mass is 10.1. The van der Waals surface area contributed by atoms with Crippen LogP contribution in [0.25, 0.3) is 0 Å². The van der Waals surface area contributed by atoms with Crippen LogP contribution in [0.5, 0.6) is 0 Å². The molecule has 0 aliphatic carbocycles. The second-order valence-electron chi connectivity index (χ2n) is 4.85. The van der Waals surface area contributed by atoms with Crippen LogP contribution in [0.2, 0.25) is 0 Å². The first-order valence-corrected chi connectivity index (χ1v) is 6.79. The van der Waals surface area contributed by atoms with Crippen molar-refractivity contribution in [3.05, 3.63) is 53.6 Å². The summed E-state index contributed by atoms with van der Waals surface area (Å²) in [6.45, 7) is 5.60. The molecule has 3 nitrogen and oxygen atoms in total. The Hall–Kier alpha value is -1.75. The van der Waals surface area contributed by atoms with Crippen molar-refractivity contribution in [2.45, 2.75) is 39.4 Å². The summed E-state index contributed by atoms with van der Waals surface area (Å²) in [4.78, 5) is 4.13. The quantitative estimate of drug-likeness (QED) is 0.878. The zero-order valence-corrected chi connectivity index (χ0v) is 11.7. The number of aryl methyl sites for hydroxylation is 1. The standard InChI is InChI=1S/C15H19F2N3/c1-3-6-20-10-18-8-13(20)9-19-11(2)12-4-5-14(16)15(17)7-12/h4-5,7-8,10-11,19H,3,6,9H2,1-2H3. The third kappa shape index (κ3) is 3.42. The molecule has 1 unspecified atom stereocenters. The summed E-state index contributed by atoms with van der Waals surface area (Å²) in [5, 5.41) is 3.30. The molecular formula is C15H19F2N3. The minimum atomic E-state index is -0.818. The number of nitrogens with one attached hydrogen (secondary N) is 1. The maximum atomic E-state index is 13.2. The van der Waals surface area contributed by atoms with Gasteiger partial charge in [0.2, 0.25) is 0 Å². The van der Waals surface area contributed by atoms with E-state index in [-0.39, 0.29) is 6.04 Å². The molecule has 108 valence electrons. The number of aromatic nitrogens is 2. The molecule has 0 aliphatic heterocycles. The zero-order valence-electron chi connectivity index (χ0n) is 11.7. The summed E-state index contributed by atoms with van der Waals surface area (Å²) in [5.41, 5.74) is 1.81. The number of imidazole rings is 1. The van der Waals surface area contributed by atoms with Crippen LogP contribution in [0.1, 0.15) is 37.6 Å². The molecule has 20 heavy (non-hydrogen) atoms. The SMILES string of the molecule is CCCn1cncc1CNC(C)c1ccc(F)c(F)c1. The van der Waals surface area contributed by atoms with Crippen LogP contribution in [0.4, 0.5) is 8.78 Å². The fourth-order valence-corrected chi connectivity index (χ4v) is 2.09. The first kappa shape index (κ1) is 14.7. The Morgan fingerprint density at radius 3 is 2.80 bits per heavy atom. The van der Waals surface area contributed by atoms with E-state index in [4.69, 9.17) is 0 Å². The van der Waals surface area contributed by atoms with E-state index in [1.165, 1.54) is 6.07 Å². The van der Waals surface area contributed by atoms with Crippen LogP contribution in [-0.4, -0.2) is 9.55 Å². The smallest absolute Gasteiger partial charge is 0.159 e. The second-order valence-corrected chi connectivity index (χ2v) is 4.85. The van der Waals surface area contributed by atoms with Gasteiger partial charge in [-0.15, -0.1) is 0 Å². The number of hydrogen-bond donors (Lipinski definition) is 1. The molecule has 0 bridgehead atoms. The van der Waals surface area contributed by atoms with Gasteiger partial charge in [-0.2, -0.15) is 0 Å². The number of halogens is 2. The van der Waals surface area contributed by atoms with Crippen LogP contribution in [0.15, 0.2) is 30.7 Å². The maximum absolute atomic E-state index is 13.2. The van der Waals surface area contributed by atoms with Gasteiger partial charge in [-0.05, 0) is 31.0 Å². The Morgan fingerprint density at radius 1 is 1.30 bits per heavy atom. The van der Waals surface area contributed by atoms with Gasteiger partial charge in [-0.3, -0.25) is 0 Å². The lowest BCUT2D eigenvalue weighted by Crippen LogP contribution is -2.20. The third-order valence-corrected chi connectivity index (χ3v) is 3.30. The van der Waals surface area contributed by atoms with Crippen LogP contribution in [-0.2, 0) is 13.1 Å². The predicted molar refractivity (Wildman–Crippen MR) is 74.1 cm³/mol. The van der Waals surface area contributed by atoms with E-state index in [1.807, 2.05) is 19.4 Å². The molecule has 0 radical (unpaired) electrons. The number of nitrogens with zero attached hydrogens (tertiary/aromatic N) is 2. The molecule has 0 amide bonds. The molecule has 1 heterocycles. The van der Waals surface area contributed by atoms with E-state index >= 15 is 0 Å². The Bertz CT molecular complexity index is 566. The van der Waals surface area contributed by atoms with Crippen molar-refractivity contribution in [2.24, 2.45) is 0 Å². The molecule has 1 atom stereocenters. The maximum Gasteiger partial charge on any atom is 0.159 e. The molecule has 0 spiro atoms. The van der Waals surface area contributed by atoms with E-state index in [2.05, 4.69) is 21.8 Å². The Balaban J connectivity index is 1.99. The molecule has 2 aromatic rings. The van der Waals surface area contributed by atoms with Gasteiger partial charge in [0.15, 0.2) is 11.6 Å². The Morgan fingerprint density at radius 2 is 2.10 bits per heavy atom. The lowest BCUT2D eigenvalue weighted by Gasteiger charge is -2.15. The average Bonchev–Trinajstić information content (AvgIpc) is 2.87. The van der Waals surface area contributed by atoms with Gasteiger partial charge in [-0.25, -0.2) is 13.8 Å². The summed E-state index contributed by atoms with van der Waals surface area (Å²) in [7, 11) is 0. The molecule has 0 saturated carbocycles. The van der Waals surface area contributed by atoms with Gasteiger partial charge < -0.3 is 9.88 Å². The summed E-state index contributed by atoms with van der Waals surface area (Å²) >= 11 is 0. The van der Waals surface area contributed by atoms with Crippen molar-refractivity contribution in [3.63, 3.8) is 0 Å². The first-order valence-electron chi connectivity index (χ1n) is 6.79. The van der Waals surface area contributed by atoms with Crippen molar-refractivity contribution < 1.29 is 8.78 Å². The number of benzene rings is 1. The fraction of sp³-hybridized carbons (Fsp3) is 0.400. The van der Waals surface area contributed by atoms with E-state index in [0.29, 0.717) is 6.54 Å². The fourth-order valence-electron chi connectivity index (χ4n) is 2.09. The number of hydrogen-bond acceptors (Lipinski definition) is 2. The van der Waals surface area contributed by atoms with Crippen LogP contribution >= 0.6 is 0 Å². The largest absolute Gasteiger partial charge is 0.333 e. The van der Waals surface area contributed by atoms with Crippen LogP contribution in [0.3, 0.4) is 0 Å². The zero-order chi connectivity index (χ0) is 14.5. The van der Waals surface area contributed by atoms with E-state index in [9.17, 15) is 8.78 Å². The molecule has 5 heteroatoms. The van der Waals surface area contributed by atoms with Crippen molar-refractivity contribution in [2.75, 3.05) is 0 Å². The second kappa shape index (κ2) is 6.61. The van der Waals surface area contributed by atoms with E-state index in [0.717, 1.165) is 30.3 Å². The minimum Gasteiger partial charge on any atom is -0.333 e. The number of rotatable bonds is 6. The van der Waals surface area contributed by atoms with Gasteiger partial charge in [0.05, 0.1) is 12.0 Å². The molecular weight excluding hydrogens is 260 g/mol. The highest BCUT2D eigenvalue weighted by Crippen LogP contribution is 2.16. The van der Waals surface area contributed by atoms with Crippen LogP contribution in [0, 0.1) is 11.6 Å². The van der Waals surface area contributed by atoms with Gasteiger partial charge in [-0.1, -0.05) is 13.0 Å². The minimum absolute atomic E-state index is 0.0601. The summed E-state index contributed by atoms with van der Waals surface area (Å²) in [6, 6.07) is 3.93. The average molecular weight is 279 g/mol. The van der Waals surface area contributed by atoms with Gasteiger partial charge in [0, 0.05) is 25.3 Å². The summed E-state index contributed by atoms with van der Waals surface area (Å²) < 4.78 is 28.2.